The molecule has 0 saturated heterocycles. The number of hydrogen-bond acceptors (Lipinski definition) is 3. The van der Waals surface area contributed by atoms with Crippen LogP contribution < -0.4 is 4.74 Å². The highest BCUT2D eigenvalue weighted by Crippen LogP contribution is 2.18. The summed E-state index contributed by atoms with van der Waals surface area (Å²) in [6.07, 6.45) is 22.8. The maximum atomic E-state index is 10.8. The molecule has 0 bridgehead atoms. The summed E-state index contributed by atoms with van der Waals surface area (Å²) in [5.41, 5.74) is 2.11. The molecule has 216 valence electrons. The lowest BCUT2D eigenvalue weighted by atomic mass is 10.1. The summed E-state index contributed by atoms with van der Waals surface area (Å²) in [6, 6.07) is 14.6. The lowest BCUT2D eigenvalue weighted by Crippen LogP contribution is -2.41. The SMILES string of the molecule is CCCCCC[N+](C)(C)CCCCCCCCCCCCOc1ccc(/C=C/c2ccc([N+](=O)[O-])cc2)cc1. The van der Waals surface area contributed by atoms with Gasteiger partial charge in [-0.2, -0.15) is 0 Å². The van der Waals surface area contributed by atoms with Gasteiger partial charge >= 0.3 is 0 Å². The van der Waals surface area contributed by atoms with Gasteiger partial charge in [0.15, 0.2) is 0 Å². The molecule has 2 rings (SSSR count). The maximum Gasteiger partial charge on any atom is 0.269 e. The van der Waals surface area contributed by atoms with Crippen molar-refractivity contribution in [3.63, 3.8) is 0 Å². The van der Waals surface area contributed by atoms with Crippen molar-refractivity contribution in [2.45, 2.75) is 96.8 Å². The number of nitrogens with zero attached hydrogens (tertiary/aromatic N) is 2. The quantitative estimate of drug-likeness (QED) is 0.0494. The zero-order chi connectivity index (χ0) is 28.2. The van der Waals surface area contributed by atoms with Crippen LogP contribution in [0.25, 0.3) is 12.2 Å². The highest BCUT2D eigenvalue weighted by Gasteiger charge is 2.13. The van der Waals surface area contributed by atoms with Gasteiger partial charge in [0.2, 0.25) is 0 Å². The van der Waals surface area contributed by atoms with E-state index in [0.717, 1.165) is 29.9 Å². The molecule has 5 nitrogen and oxygen atoms in total. The fraction of sp³-hybridized carbons (Fsp3) is 0.588. The lowest BCUT2D eigenvalue weighted by Gasteiger charge is -2.30. The predicted molar refractivity (Wildman–Crippen MR) is 166 cm³/mol. The average Bonchev–Trinajstić information content (AvgIpc) is 2.93. The Labute approximate surface area is 238 Å². The molecule has 0 aliphatic heterocycles. The zero-order valence-electron chi connectivity index (χ0n) is 24.9. The molecule has 5 heteroatoms. The molecule has 0 heterocycles. The first-order chi connectivity index (χ1) is 18.9. The smallest absolute Gasteiger partial charge is 0.269 e. The molecule has 0 aromatic heterocycles. The van der Waals surface area contributed by atoms with Crippen LogP contribution in [0, 0.1) is 10.1 Å². The van der Waals surface area contributed by atoms with Crippen LogP contribution in [0.15, 0.2) is 48.5 Å². The van der Waals surface area contributed by atoms with Crippen LogP contribution in [0.2, 0.25) is 0 Å². The molecular formula is C34H53N2O3+. The molecule has 0 radical (unpaired) electrons. The molecule has 0 spiro atoms. The van der Waals surface area contributed by atoms with E-state index in [1.54, 1.807) is 12.1 Å². The summed E-state index contributed by atoms with van der Waals surface area (Å²) in [7, 11) is 4.80. The molecule has 0 atom stereocenters. The summed E-state index contributed by atoms with van der Waals surface area (Å²) in [4.78, 5) is 10.4. The van der Waals surface area contributed by atoms with Crippen molar-refractivity contribution in [2.75, 3.05) is 33.8 Å². The van der Waals surface area contributed by atoms with E-state index in [0.29, 0.717) is 0 Å². The number of quaternary nitrogens is 1. The number of ether oxygens (including phenoxy) is 1. The predicted octanol–water partition coefficient (Wildman–Crippen LogP) is 9.70. The molecule has 0 fully saturated rings. The molecule has 0 saturated carbocycles. The Balaban J connectivity index is 1.43. The van der Waals surface area contributed by atoms with E-state index in [4.69, 9.17) is 4.74 Å². The minimum atomic E-state index is -0.382. The van der Waals surface area contributed by atoms with Crippen LogP contribution in [0.1, 0.15) is 108 Å². The van der Waals surface area contributed by atoms with Gasteiger partial charge in [-0.1, -0.05) is 89.0 Å². The second-order valence-corrected chi connectivity index (χ2v) is 11.6. The van der Waals surface area contributed by atoms with Gasteiger partial charge in [0.05, 0.1) is 38.7 Å². The fourth-order valence-electron chi connectivity index (χ4n) is 4.90. The molecule has 2 aromatic carbocycles. The van der Waals surface area contributed by atoms with Crippen LogP contribution in [-0.4, -0.2) is 43.2 Å². The molecule has 0 aliphatic rings. The van der Waals surface area contributed by atoms with Gasteiger partial charge in [0, 0.05) is 12.1 Å². The summed E-state index contributed by atoms with van der Waals surface area (Å²) in [5.74, 6) is 0.904. The Morgan fingerprint density at radius 3 is 1.59 bits per heavy atom. The molecule has 2 aromatic rings. The van der Waals surface area contributed by atoms with Crippen molar-refractivity contribution in [1.29, 1.82) is 0 Å². The number of non-ortho nitro benzene ring substituents is 1. The Morgan fingerprint density at radius 1 is 0.667 bits per heavy atom. The van der Waals surface area contributed by atoms with E-state index >= 15 is 0 Å². The van der Waals surface area contributed by atoms with Crippen LogP contribution in [-0.2, 0) is 0 Å². The van der Waals surface area contributed by atoms with Crippen molar-refractivity contribution in [3.05, 3.63) is 69.8 Å². The third kappa shape index (κ3) is 15.5. The Kier molecular flexibility index (Phi) is 16.2. The maximum absolute atomic E-state index is 10.8. The van der Waals surface area contributed by atoms with Gasteiger partial charge in [-0.15, -0.1) is 0 Å². The normalized spacial score (nSPS) is 11.8. The first-order valence-electron chi connectivity index (χ1n) is 15.4. The topological polar surface area (TPSA) is 52.4 Å². The number of hydrogen-bond donors (Lipinski definition) is 0. The monoisotopic (exact) mass is 537 g/mol. The van der Waals surface area contributed by atoms with Crippen molar-refractivity contribution in [2.24, 2.45) is 0 Å². The highest BCUT2D eigenvalue weighted by atomic mass is 16.6. The molecule has 0 unspecified atom stereocenters. The van der Waals surface area contributed by atoms with E-state index < -0.39 is 0 Å². The molecular weight excluding hydrogens is 484 g/mol. The van der Waals surface area contributed by atoms with Crippen LogP contribution in [0.4, 0.5) is 5.69 Å². The minimum absolute atomic E-state index is 0.108. The van der Waals surface area contributed by atoms with E-state index in [2.05, 4.69) is 21.0 Å². The number of rotatable bonds is 22. The van der Waals surface area contributed by atoms with Gasteiger partial charge in [-0.05, 0) is 67.5 Å². The molecule has 0 N–H and O–H groups in total. The van der Waals surface area contributed by atoms with Gasteiger partial charge < -0.3 is 9.22 Å². The number of nitro benzene ring substituents is 1. The van der Waals surface area contributed by atoms with Crippen LogP contribution in [0.3, 0.4) is 0 Å². The van der Waals surface area contributed by atoms with Crippen molar-refractivity contribution in [1.82, 2.24) is 0 Å². The Bertz CT molecular complexity index is 936. The number of nitro groups is 1. The minimum Gasteiger partial charge on any atom is -0.494 e. The third-order valence-corrected chi connectivity index (χ3v) is 7.50. The first-order valence-corrected chi connectivity index (χ1v) is 15.4. The highest BCUT2D eigenvalue weighted by molar-refractivity contribution is 5.70. The van der Waals surface area contributed by atoms with Crippen molar-refractivity contribution >= 4 is 17.8 Å². The van der Waals surface area contributed by atoms with Crippen molar-refractivity contribution < 1.29 is 14.1 Å². The number of unbranched alkanes of at least 4 members (excludes halogenated alkanes) is 12. The molecule has 39 heavy (non-hydrogen) atoms. The lowest BCUT2D eigenvalue weighted by molar-refractivity contribution is -0.890. The Hall–Kier alpha value is -2.66. The second kappa shape index (κ2) is 19.4. The van der Waals surface area contributed by atoms with Crippen LogP contribution in [0.5, 0.6) is 5.75 Å². The van der Waals surface area contributed by atoms with E-state index in [1.807, 2.05) is 36.4 Å². The Morgan fingerprint density at radius 2 is 1.10 bits per heavy atom. The standard InChI is InChI=1S/C34H53N2O3/c1-4-5-6-15-28-36(2,3)29-16-13-11-9-7-8-10-12-14-17-30-39-34-26-22-32(23-27-34)19-18-31-20-24-33(25-21-31)35(37)38/h18-27H,4-17,28-30H2,1-3H3/q+1/b19-18+. The summed E-state index contributed by atoms with van der Waals surface area (Å²) >= 11 is 0. The van der Waals surface area contributed by atoms with E-state index in [-0.39, 0.29) is 10.6 Å². The zero-order valence-corrected chi connectivity index (χ0v) is 24.9. The fourth-order valence-corrected chi connectivity index (χ4v) is 4.90. The molecule has 0 aliphatic carbocycles. The summed E-state index contributed by atoms with van der Waals surface area (Å²) < 4.78 is 7.11. The average molecular weight is 538 g/mol. The second-order valence-electron chi connectivity index (χ2n) is 11.6. The van der Waals surface area contributed by atoms with E-state index in [1.165, 1.54) is 113 Å². The largest absolute Gasteiger partial charge is 0.494 e. The van der Waals surface area contributed by atoms with E-state index in [9.17, 15) is 10.1 Å². The van der Waals surface area contributed by atoms with Crippen molar-refractivity contribution in [3.8, 4) is 5.75 Å². The van der Waals surface area contributed by atoms with Crippen LogP contribution >= 0.6 is 0 Å². The van der Waals surface area contributed by atoms with Gasteiger partial charge in [0.25, 0.3) is 5.69 Å². The number of benzene rings is 2. The summed E-state index contributed by atoms with van der Waals surface area (Å²) in [6.45, 7) is 5.72. The third-order valence-electron chi connectivity index (χ3n) is 7.50. The van der Waals surface area contributed by atoms with Gasteiger partial charge in [-0.3, -0.25) is 10.1 Å². The molecule has 0 amide bonds. The van der Waals surface area contributed by atoms with Gasteiger partial charge in [0.1, 0.15) is 5.75 Å². The first kappa shape index (κ1) is 32.6. The summed E-state index contributed by atoms with van der Waals surface area (Å²) in [5, 5.41) is 10.8. The van der Waals surface area contributed by atoms with Gasteiger partial charge in [-0.25, -0.2) is 0 Å².